The number of allylic oxidation sites excluding steroid dienone is 5. The maximum atomic E-state index is 11.6. The molecule has 0 fully saturated rings. The lowest BCUT2D eigenvalue weighted by molar-refractivity contribution is 0.580. The highest BCUT2D eigenvalue weighted by Crippen LogP contribution is 2.09. The number of rotatable bonds is 6. The molecule has 0 saturated heterocycles. The van der Waals surface area contributed by atoms with Crippen LogP contribution in [0.2, 0.25) is 0 Å². The maximum absolute atomic E-state index is 11.6. The van der Waals surface area contributed by atoms with E-state index in [9.17, 15) is 8.42 Å². The van der Waals surface area contributed by atoms with Crippen molar-refractivity contribution >= 4 is 10.0 Å². The highest BCUT2D eigenvalue weighted by atomic mass is 32.2. The van der Waals surface area contributed by atoms with Crippen molar-refractivity contribution in [3.05, 3.63) is 48.2 Å². The van der Waals surface area contributed by atoms with E-state index >= 15 is 0 Å². The highest BCUT2D eigenvalue weighted by Gasteiger charge is 2.14. The fourth-order valence-corrected chi connectivity index (χ4v) is 1.68. The number of hydrogen-bond donors (Lipinski definition) is 1. The Labute approximate surface area is 105 Å². The van der Waals surface area contributed by atoms with E-state index in [1.807, 2.05) is 19.9 Å². The monoisotopic (exact) mass is 255 g/mol. The fraction of sp³-hybridized carbons (Fsp3) is 0.385. The summed E-state index contributed by atoms with van der Waals surface area (Å²) in [5, 5.41) is -0.477. The first-order valence-corrected chi connectivity index (χ1v) is 6.96. The third-order valence-electron chi connectivity index (χ3n) is 2.16. The van der Waals surface area contributed by atoms with E-state index in [0.29, 0.717) is 5.70 Å². The van der Waals surface area contributed by atoms with E-state index in [-0.39, 0.29) is 0 Å². The van der Waals surface area contributed by atoms with Gasteiger partial charge in [-0.25, -0.2) is 8.42 Å². The Balaban J connectivity index is 4.70. The number of nitrogens with one attached hydrogen (secondary N) is 1. The summed E-state index contributed by atoms with van der Waals surface area (Å²) in [5.41, 5.74) is 2.22. The molecule has 0 aromatic carbocycles. The van der Waals surface area contributed by atoms with Gasteiger partial charge in [-0.1, -0.05) is 30.9 Å². The van der Waals surface area contributed by atoms with Gasteiger partial charge in [-0.05, 0) is 39.3 Å². The molecule has 0 saturated carbocycles. The van der Waals surface area contributed by atoms with Crippen LogP contribution in [-0.4, -0.2) is 13.7 Å². The first-order valence-electron chi connectivity index (χ1n) is 5.41. The van der Waals surface area contributed by atoms with Crippen LogP contribution < -0.4 is 4.72 Å². The molecule has 0 heterocycles. The van der Waals surface area contributed by atoms with Gasteiger partial charge in [-0.15, -0.1) is 0 Å². The van der Waals surface area contributed by atoms with Crippen LogP contribution in [0.15, 0.2) is 48.2 Å². The highest BCUT2D eigenvalue weighted by molar-refractivity contribution is 7.90. The first-order chi connectivity index (χ1) is 7.70. The van der Waals surface area contributed by atoms with Gasteiger partial charge in [0.1, 0.15) is 0 Å². The van der Waals surface area contributed by atoms with Gasteiger partial charge in [0.2, 0.25) is 10.0 Å². The second-order valence-corrected chi connectivity index (χ2v) is 6.32. The topological polar surface area (TPSA) is 46.2 Å². The zero-order valence-corrected chi connectivity index (χ0v) is 11.8. The Kier molecular flexibility index (Phi) is 5.96. The summed E-state index contributed by atoms with van der Waals surface area (Å²) in [7, 11) is -3.31. The average molecular weight is 255 g/mol. The van der Waals surface area contributed by atoms with Gasteiger partial charge in [0.05, 0.1) is 5.25 Å². The predicted molar refractivity (Wildman–Crippen MR) is 74.0 cm³/mol. The molecule has 4 heteroatoms. The van der Waals surface area contributed by atoms with Crippen molar-refractivity contribution < 1.29 is 8.42 Å². The second-order valence-electron chi connectivity index (χ2n) is 4.08. The second kappa shape index (κ2) is 6.45. The van der Waals surface area contributed by atoms with Gasteiger partial charge in [-0.3, -0.25) is 4.72 Å². The zero-order chi connectivity index (χ0) is 13.6. The molecule has 96 valence electrons. The smallest absolute Gasteiger partial charge is 0.235 e. The van der Waals surface area contributed by atoms with Crippen LogP contribution in [0.3, 0.4) is 0 Å². The van der Waals surface area contributed by atoms with E-state index in [1.54, 1.807) is 26.0 Å². The Bertz CT molecular complexity index is 454. The molecule has 17 heavy (non-hydrogen) atoms. The predicted octanol–water partition coefficient (Wildman–Crippen LogP) is 2.91. The van der Waals surface area contributed by atoms with Gasteiger partial charge < -0.3 is 0 Å². The van der Waals surface area contributed by atoms with E-state index in [2.05, 4.69) is 17.9 Å². The summed E-state index contributed by atoms with van der Waals surface area (Å²) in [5.74, 6) is 0. The van der Waals surface area contributed by atoms with Gasteiger partial charge >= 0.3 is 0 Å². The van der Waals surface area contributed by atoms with Crippen LogP contribution >= 0.6 is 0 Å². The van der Waals surface area contributed by atoms with Crippen molar-refractivity contribution in [1.82, 2.24) is 4.72 Å². The van der Waals surface area contributed by atoms with Crippen molar-refractivity contribution in [3.63, 3.8) is 0 Å². The minimum absolute atomic E-state index is 0.347. The third-order valence-corrected chi connectivity index (χ3v) is 3.95. The van der Waals surface area contributed by atoms with Crippen molar-refractivity contribution in [2.24, 2.45) is 0 Å². The zero-order valence-electron chi connectivity index (χ0n) is 10.9. The van der Waals surface area contributed by atoms with Gasteiger partial charge in [0.15, 0.2) is 0 Å². The van der Waals surface area contributed by atoms with Crippen LogP contribution in [-0.2, 0) is 10.0 Å². The van der Waals surface area contributed by atoms with Crippen LogP contribution in [0.5, 0.6) is 0 Å². The summed E-state index contributed by atoms with van der Waals surface area (Å²) in [6, 6.07) is 0. The molecule has 0 radical (unpaired) electrons. The molecule has 0 rings (SSSR count). The molecule has 0 atom stereocenters. The average Bonchev–Trinajstić information content (AvgIpc) is 2.16. The Morgan fingerprint density at radius 3 is 2.12 bits per heavy atom. The van der Waals surface area contributed by atoms with E-state index in [1.165, 1.54) is 0 Å². The number of hydrogen-bond acceptors (Lipinski definition) is 2. The summed E-state index contributed by atoms with van der Waals surface area (Å²) >= 11 is 0. The molecule has 0 aromatic heterocycles. The molecule has 3 nitrogen and oxygen atoms in total. The lowest BCUT2D eigenvalue weighted by atomic mass is 10.1. The molecule has 0 aliphatic rings. The normalized spacial score (nSPS) is 13.1. The lowest BCUT2D eigenvalue weighted by Gasteiger charge is -2.10. The summed E-state index contributed by atoms with van der Waals surface area (Å²) in [6.07, 6.45) is 5.32. The molecule has 0 bridgehead atoms. The Hall–Kier alpha value is -1.29. The number of sulfonamides is 1. The summed E-state index contributed by atoms with van der Waals surface area (Å²) < 4.78 is 25.5. The van der Waals surface area contributed by atoms with E-state index < -0.39 is 15.3 Å². The molecule has 0 aliphatic heterocycles. The van der Waals surface area contributed by atoms with Gasteiger partial charge in [0.25, 0.3) is 0 Å². The molecule has 0 aromatic rings. The largest absolute Gasteiger partial charge is 0.284 e. The van der Waals surface area contributed by atoms with Gasteiger partial charge in [-0.2, -0.15) is 0 Å². The Morgan fingerprint density at radius 1 is 1.24 bits per heavy atom. The van der Waals surface area contributed by atoms with Crippen LogP contribution in [0, 0.1) is 0 Å². The van der Waals surface area contributed by atoms with Crippen molar-refractivity contribution in [2.75, 3.05) is 0 Å². The maximum Gasteiger partial charge on any atom is 0.235 e. The first kappa shape index (κ1) is 15.7. The molecular weight excluding hydrogens is 234 g/mol. The Morgan fingerprint density at radius 2 is 1.76 bits per heavy atom. The van der Waals surface area contributed by atoms with E-state index in [4.69, 9.17) is 0 Å². The fourth-order valence-electron chi connectivity index (χ4n) is 1.01. The lowest BCUT2D eigenvalue weighted by Crippen LogP contribution is -2.29. The standard InChI is InChI=1S/C13H21NO2S/c1-7-13(10(2)3)9-8-12(6)14-17(15,16)11(4)5/h7-9,11,14H,2,6H2,1,3-5H3/b9-8-,13-7+. The van der Waals surface area contributed by atoms with Crippen molar-refractivity contribution in [2.45, 2.75) is 32.9 Å². The molecule has 0 amide bonds. The minimum atomic E-state index is -3.31. The molecule has 0 unspecified atom stereocenters. The molecule has 1 N–H and O–H groups in total. The van der Waals surface area contributed by atoms with Crippen LogP contribution in [0.25, 0.3) is 0 Å². The summed E-state index contributed by atoms with van der Waals surface area (Å²) in [4.78, 5) is 0. The van der Waals surface area contributed by atoms with Gasteiger partial charge in [0, 0.05) is 5.70 Å². The quantitative estimate of drug-likeness (QED) is 0.742. The minimum Gasteiger partial charge on any atom is -0.284 e. The third kappa shape index (κ3) is 5.54. The van der Waals surface area contributed by atoms with Crippen molar-refractivity contribution in [3.8, 4) is 0 Å². The SMILES string of the molecule is C=C(/C=C\C(=C/C)C(=C)C)NS(=O)(=O)C(C)C. The van der Waals surface area contributed by atoms with Crippen molar-refractivity contribution in [1.29, 1.82) is 0 Å². The summed E-state index contributed by atoms with van der Waals surface area (Å²) in [6.45, 7) is 14.5. The molecular formula is C13H21NO2S. The van der Waals surface area contributed by atoms with Crippen LogP contribution in [0.4, 0.5) is 0 Å². The van der Waals surface area contributed by atoms with E-state index in [0.717, 1.165) is 11.1 Å². The molecule has 0 aliphatic carbocycles. The molecule has 0 spiro atoms. The van der Waals surface area contributed by atoms with Crippen LogP contribution in [0.1, 0.15) is 27.7 Å².